The Hall–Kier alpha value is -3.97. The van der Waals surface area contributed by atoms with Crippen molar-refractivity contribution in [3.05, 3.63) is 104 Å². The van der Waals surface area contributed by atoms with E-state index in [1.165, 1.54) is 30.3 Å². The number of nitro groups is 1. The van der Waals surface area contributed by atoms with E-state index in [9.17, 15) is 19.7 Å². The third kappa shape index (κ3) is 3.86. The molecule has 3 aromatic rings. The zero-order chi connectivity index (χ0) is 23.0. The molecule has 0 aromatic heterocycles. The minimum absolute atomic E-state index is 0.0933. The van der Waals surface area contributed by atoms with Gasteiger partial charge in [-0.15, -0.1) is 0 Å². The second-order valence-electron chi connectivity index (χ2n) is 7.42. The number of amides is 2. The molecular weight excluding hydrogens is 430 g/mol. The van der Waals surface area contributed by atoms with Gasteiger partial charge in [0.15, 0.2) is 0 Å². The van der Waals surface area contributed by atoms with Crippen LogP contribution in [0, 0.1) is 24.0 Å². The number of carbonyl (C=O) groups excluding carboxylic acids is 2. The number of non-ortho nitro benzene ring substituents is 1. The van der Waals surface area contributed by atoms with E-state index in [1.54, 1.807) is 18.2 Å². The first kappa shape index (κ1) is 21.3. The van der Waals surface area contributed by atoms with Crippen LogP contribution in [0.2, 0.25) is 5.02 Å². The highest BCUT2D eigenvalue weighted by Crippen LogP contribution is 2.35. The van der Waals surface area contributed by atoms with Crippen molar-refractivity contribution >= 4 is 46.1 Å². The summed E-state index contributed by atoms with van der Waals surface area (Å²) in [5.74, 6) is -1.08. The van der Waals surface area contributed by atoms with Gasteiger partial charge in [-0.25, -0.2) is 4.90 Å². The van der Waals surface area contributed by atoms with Crippen LogP contribution in [0.15, 0.2) is 72.4 Å². The summed E-state index contributed by atoms with van der Waals surface area (Å²) in [5.41, 5.74) is 3.49. The fourth-order valence-corrected chi connectivity index (χ4v) is 3.79. The minimum atomic E-state index is -0.543. The Morgan fingerprint density at radius 3 is 2.28 bits per heavy atom. The van der Waals surface area contributed by atoms with Gasteiger partial charge in [0, 0.05) is 22.8 Å². The third-order valence-corrected chi connectivity index (χ3v) is 5.39. The quantitative estimate of drug-likeness (QED) is 0.327. The van der Waals surface area contributed by atoms with Gasteiger partial charge in [0.2, 0.25) is 0 Å². The number of nitro benzene ring substituents is 1. The molecule has 7 nitrogen and oxygen atoms in total. The molecular formula is C24H18ClN3O4. The van der Waals surface area contributed by atoms with Gasteiger partial charge in [-0.3, -0.25) is 19.7 Å². The van der Waals surface area contributed by atoms with Crippen LogP contribution in [-0.2, 0) is 9.59 Å². The van der Waals surface area contributed by atoms with Crippen LogP contribution >= 0.6 is 11.6 Å². The second kappa shape index (κ2) is 8.28. The maximum Gasteiger partial charge on any atom is 0.282 e. The standard InChI is InChI=1S/C24H18ClN3O4/c1-14-6-11-20(15(2)12-14)26-22-21(16-7-9-18(10-8-16)28(31)32)23(29)27(24(22)30)19-5-3-4-17(25)13-19/h3-13,26H,1-2H3. The molecule has 0 radical (unpaired) electrons. The Labute approximate surface area is 189 Å². The lowest BCUT2D eigenvalue weighted by atomic mass is 10.0. The predicted molar refractivity (Wildman–Crippen MR) is 124 cm³/mol. The average Bonchev–Trinajstić information content (AvgIpc) is 2.99. The topological polar surface area (TPSA) is 92.6 Å². The van der Waals surface area contributed by atoms with Gasteiger partial charge in [0.05, 0.1) is 16.2 Å². The van der Waals surface area contributed by atoms with Crippen LogP contribution in [0.1, 0.15) is 16.7 Å². The number of halogens is 1. The number of rotatable bonds is 5. The fraction of sp³-hybridized carbons (Fsp3) is 0.0833. The molecule has 1 N–H and O–H groups in total. The number of anilines is 2. The Bertz CT molecular complexity index is 1300. The van der Waals surface area contributed by atoms with Crippen molar-refractivity contribution in [2.24, 2.45) is 0 Å². The molecule has 0 atom stereocenters. The van der Waals surface area contributed by atoms with Crippen LogP contribution in [0.3, 0.4) is 0 Å². The summed E-state index contributed by atoms with van der Waals surface area (Å²) >= 11 is 6.08. The number of aryl methyl sites for hydroxylation is 2. The van der Waals surface area contributed by atoms with Crippen molar-refractivity contribution in [1.82, 2.24) is 0 Å². The van der Waals surface area contributed by atoms with Crippen LogP contribution in [-0.4, -0.2) is 16.7 Å². The Balaban J connectivity index is 1.84. The second-order valence-corrected chi connectivity index (χ2v) is 7.86. The SMILES string of the molecule is Cc1ccc(NC2=C(c3ccc([N+](=O)[O-])cc3)C(=O)N(c3cccc(Cl)c3)C2=O)c(C)c1. The third-order valence-electron chi connectivity index (χ3n) is 5.16. The van der Waals surface area contributed by atoms with Gasteiger partial charge in [0.1, 0.15) is 5.70 Å². The number of hydrogen-bond donors (Lipinski definition) is 1. The molecule has 2 amide bonds. The minimum Gasteiger partial charge on any atom is -0.350 e. The highest BCUT2D eigenvalue weighted by molar-refractivity contribution is 6.46. The highest BCUT2D eigenvalue weighted by Gasteiger charge is 2.40. The van der Waals surface area contributed by atoms with Crippen LogP contribution in [0.25, 0.3) is 5.57 Å². The highest BCUT2D eigenvalue weighted by atomic mass is 35.5. The van der Waals surface area contributed by atoms with Crippen molar-refractivity contribution < 1.29 is 14.5 Å². The average molecular weight is 448 g/mol. The summed E-state index contributed by atoms with van der Waals surface area (Å²) in [7, 11) is 0. The van der Waals surface area contributed by atoms with E-state index >= 15 is 0 Å². The Morgan fingerprint density at radius 2 is 1.66 bits per heavy atom. The molecule has 160 valence electrons. The molecule has 0 unspecified atom stereocenters. The van der Waals surface area contributed by atoms with Gasteiger partial charge in [0.25, 0.3) is 17.5 Å². The van der Waals surface area contributed by atoms with Crippen molar-refractivity contribution in [3.63, 3.8) is 0 Å². The molecule has 1 heterocycles. The summed E-state index contributed by atoms with van der Waals surface area (Å²) in [6.45, 7) is 3.86. The van der Waals surface area contributed by atoms with Crippen LogP contribution in [0.4, 0.5) is 17.1 Å². The first-order valence-electron chi connectivity index (χ1n) is 9.74. The molecule has 32 heavy (non-hydrogen) atoms. The zero-order valence-corrected chi connectivity index (χ0v) is 18.0. The fourth-order valence-electron chi connectivity index (χ4n) is 3.60. The number of nitrogens with one attached hydrogen (secondary N) is 1. The number of benzene rings is 3. The van der Waals surface area contributed by atoms with E-state index < -0.39 is 16.7 Å². The summed E-state index contributed by atoms with van der Waals surface area (Å²) in [5, 5.41) is 14.5. The monoisotopic (exact) mass is 447 g/mol. The predicted octanol–water partition coefficient (Wildman–Crippen LogP) is 5.26. The molecule has 0 spiro atoms. The molecule has 4 rings (SSSR count). The van der Waals surface area contributed by atoms with Gasteiger partial charge in [-0.05, 0) is 61.4 Å². The molecule has 1 aliphatic heterocycles. The summed E-state index contributed by atoms with van der Waals surface area (Å²) < 4.78 is 0. The van der Waals surface area contributed by atoms with E-state index in [0.717, 1.165) is 16.0 Å². The van der Waals surface area contributed by atoms with Gasteiger partial charge >= 0.3 is 0 Å². The Morgan fingerprint density at radius 1 is 0.938 bits per heavy atom. The van der Waals surface area contributed by atoms with E-state index in [4.69, 9.17) is 11.6 Å². The first-order chi connectivity index (χ1) is 15.3. The van der Waals surface area contributed by atoms with Crippen molar-refractivity contribution in [3.8, 4) is 0 Å². The molecule has 0 fully saturated rings. The maximum atomic E-state index is 13.4. The first-order valence-corrected chi connectivity index (χ1v) is 10.1. The summed E-state index contributed by atoms with van der Waals surface area (Å²) in [6.07, 6.45) is 0. The number of imide groups is 1. The maximum absolute atomic E-state index is 13.4. The smallest absolute Gasteiger partial charge is 0.282 e. The number of carbonyl (C=O) groups is 2. The summed E-state index contributed by atoms with van der Waals surface area (Å²) in [4.78, 5) is 38.4. The number of hydrogen-bond acceptors (Lipinski definition) is 5. The zero-order valence-electron chi connectivity index (χ0n) is 17.3. The van der Waals surface area contributed by atoms with E-state index in [1.807, 2.05) is 32.0 Å². The van der Waals surface area contributed by atoms with Crippen molar-refractivity contribution in [2.45, 2.75) is 13.8 Å². The van der Waals surface area contributed by atoms with Crippen molar-refractivity contribution in [1.29, 1.82) is 0 Å². The molecule has 3 aromatic carbocycles. The largest absolute Gasteiger partial charge is 0.350 e. The normalized spacial score (nSPS) is 13.7. The van der Waals surface area contributed by atoms with Gasteiger partial charge in [-0.1, -0.05) is 35.4 Å². The molecule has 0 aliphatic carbocycles. The van der Waals surface area contributed by atoms with Gasteiger partial charge < -0.3 is 5.32 Å². The summed E-state index contributed by atoms with van der Waals surface area (Å²) in [6, 6.07) is 17.7. The van der Waals surface area contributed by atoms with E-state index in [-0.39, 0.29) is 17.0 Å². The van der Waals surface area contributed by atoms with Crippen LogP contribution in [0.5, 0.6) is 0 Å². The molecule has 0 saturated heterocycles. The number of nitrogens with zero attached hydrogens (tertiary/aromatic N) is 2. The van der Waals surface area contributed by atoms with Gasteiger partial charge in [-0.2, -0.15) is 0 Å². The Kier molecular flexibility index (Phi) is 5.50. The molecule has 0 saturated carbocycles. The van der Waals surface area contributed by atoms with E-state index in [2.05, 4.69) is 5.32 Å². The lowest BCUT2D eigenvalue weighted by Gasteiger charge is -2.16. The van der Waals surface area contributed by atoms with Crippen molar-refractivity contribution in [2.75, 3.05) is 10.2 Å². The molecule has 8 heteroatoms. The van der Waals surface area contributed by atoms with Crippen LogP contribution < -0.4 is 10.2 Å². The van der Waals surface area contributed by atoms with E-state index in [0.29, 0.717) is 22.0 Å². The molecule has 0 bridgehead atoms. The lowest BCUT2D eigenvalue weighted by molar-refractivity contribution is -0.384. The lowest BCUT2D eigenvalue weighted by Crippen LogP contribution is -2.32. The molecule has 1 aliphatic rings.